The van der Waals surface area contributed by atoms with E-state index in [0.717, 1.165) is 0 Å². The molecule has 0 aliphatic carbocycles. The number of amides is 1. The molecule has 1 aromatic rings. The average molecular weight is 264 g/mol. The third kappa shape index (κ3) is 5.52. The second-order valence-electron chi connectivity index (χ2n) is 5.00. The summed E-state index contributed by atoms with van der Waals surface area (Å²) in [5.41, 5.74) is 5.69. The maximum absolute atomic E-state index is 12.1. The number of phenols is 1. The van der Waals surface area contributed by atoms with E-state index in [-0.39, 0.29) is 24.6 Å². The summed E-state index contributed by atoms with van der Waals surface area (Å²) in [5, 5.41) is 9.18. The number of carbonyl (C=O) groups is 2. The van der Waals surface area contributed by atoms with Crippen LogP contribution in [0.15, 0.2) is 24.3 Å². The summed E-state index contributed by atoms with van der Waals surface area (Å²) in [5.74, 6) is -0.0826. The zero-order valence-corrected chi connectivity index (χ0v) is 11.3. The Morgan fingerprint density at radius 3 is 2.26 bits per heavy atom. The van der Waals surface area contributed by atoms with Crippen LogP contribution in [0.4, 0.5) is 0 Å². The number of primary amides is 1. The van der Waals surface area contributed by atoms with E-state index in [9.17, 15) is 14.7 Å². The van der Waals surface area contributed by atoms with Crippen LogP contribution in [0, 0.1) is 5.92 Å². The zero-order chi connectivity index (χ0) is 14.4. The molecule has 19 heavy (non-hydrogen) atoms. The number of phenolic OH excluding ortho intramolecular Hbond substituents is 1. The molecule has 0 atom stereocenters. The highest BCUT2D eigenvalue weighted by atomic mass is 16.3. The fraction of sp³-hybridized carbons (Fsp3) is 0.429. The lowest BCUT2D eigenvalue weighted by molar-refractivity contribution is -0.119. The van der Waals surface area contributed by atoms with E-state index < -0.39 is 5.91 Å². The summed E-state index contributed by atoms with van der Waals surface area (Å²) in [6.07, 6.45) is 0. The lowest BCUT2D eigenvalue weighted by atomic mass is 10.1. The van der Waals surface area contributed by atoms with Crippen LogP contribution in [0.2, 0.25) is 0 Å². The predicted molar refractivity (Wildman–Crippen MR) is 72.9 cm³/mol. The van der Waals surface area contributed by atoms with Gasteiger partial charge in [0.25, 0.3) is 0 Å². The van der Waals surface area contributed by atoms with Gasteiger partial charge in [0.2, 0.25) is 5.91 Å². The molecular formula is C14H20N2O3. The summed E-state index contributed by atoms with van der Waals surface area (Å²) in [6, 6.07) is 6.06. The number of ketones is 1. The standard InChI is InChI=1S/C14H20N2O3/c1-10(2)7-16(9-14(15)19)8-13(18)11-3-5-12(17)6-4-11/h3-6,10,17H,7-9H2,1-2H3,(H2,15,19). The topological polar surface area (TPSA) is 83.6 Å². The number of Topliss-reactive ketones (excluding diaryl/α,β-unsaturated/α-hetero) is 1. The van der Waals surface area contributed by atoms with Gasteiger partial charge in [-0.2, -0.15) is 0 Å². The Hall–Kier alpha value is -1.88. The number of nitrogens with zero attached hydrogens (tertiary/aromatic N) is 1. The minimum Gasteiger partial charge on any atom is -0.508 e. The Balaban J connectivity index is 2.69. The van der Waals surface area contributed by atoms with E-state index in [2.05, 4.69) is 0 Å². The van der Waals surface area contributed by atoms with E-state index in [1.165, 1.54) is 12.1 Å². The summed E-state index contributed by atoms with van der Waals surface area (Å²) in [7, 11) is 0. The van der Waals surface area contributed by atoms with Crippen LogP contribution in [0.25, 0.3) is 0 Å². The molecule has 0 radical (unpaired) electrons. The molecule has 0 aromatic heterocycles. The van der Waals surface area contributed by atoms with Crippen molar-refractivity contribution in [3.05, 3.63) is 29.8 Å². The van der Waals surface area contributed by atoms with Crippen LogP contribution in [0.5, 0.6) is 5.75 Å². The third-order valence-electron chi connectivity index (χ3n) is 2.56. The van der Waals surface area contributed by atoms with Gasteiger partial charge < -0.3 is 10.8 Å². The summed E-state index contributed by atoms with van der Waals surface area (Å²) in [4.78, 5) is 24.8. The third-order valence-corrected chi connectivity index (χ3v) is 2.56. The fourth-order valence-electron chi connectivity index (χ4n) is 1.86. The first-order chi connectivity index (χ1) is 8.88. The van der Waals surface area contributed by atoms with Crippen molar-refractivity contribution in [3.8, 4) is 5.75 Å². The van der Waals surface area contributed by atoms with E-state index in [4.69, 9.17) is 5.73 Å². The van der Waals surface area contributed by atoms with Crippen molar-refractivity contribution in [1.82, 2.24) is 4.90 Å². The monoisotopic (exact) mass is 264 g/mol. The number of rotatable bonds is 7. The highest BCUT2D eigenvalue weighted by molar-refractivity contribution is 5.97. The first-order valence-electron chi connectivity index (χ1n) is 6.21. The molecule has 0 spiro atoms. The number of hydrogen-bond donors (Lipinski definition) is 2. The highest BCUT2D eigenvalue weighted by Crippen LogP contribution is 2.11. The molecule has 5 nitrogen and oxygen atoms in total. The van der Waals surface area contributed by atoms with Gasteiger partial charge >= 0.3 is 0 Å². The van der Waals surface area contributed by atoms with Gasteiger partial charge in [-0.25, -0.2) is 0 Å². The fourth-order valence-corrected chi connectivity index (χ4v) is 1.86. The molecule has 1 amide bonds. The van der Waals surface area contributed by atoms with Crippen molar-refractivity contribution < 1.29 is 14.7 Å². The second kappa shape index (κ2) is 6.89. The highest BCUT2D eigenvalue weighted by Gasteiger charge is 2.15. The molecule has 0 heterocycles. The zero-order valence-electron chi connectivity index (χ0n) is 11.3. The van der Waals surface area contributed by atoms with Gasteiger partial charge in [0.1, 0.15) is 5.75 Å². The van der Waals surface area contributed by atoms with Gasteiger partial charge in [0.15, 0.2) is 5.78 Å². The van der Waals surface area contributed by atoms with Crippen LogP contribution in [0.3, 0.4) is 0 Å². The SMILES string of the molecule is CC(C)CN(CC(N)=O)CC(=O)c1ccc(O)cc1. The molecule has 1 rings (SSSR count). The van der Waals surface area contributed by atoms with Crippen molar-refractivity contribution in [1.29, 1.82) is 0 Å². The Bertz CT molecular complexity index is 441. The minimum absolute atomic E-state index is 0.0714. The molecule has 0 saturated carbocycles. The van der Waals surface area contributed by atoms with Crippen LogP contribution in [-0.4, -0.2) is 41.3 Å². The van der Waals surface area contributed by atoms with Crippen molar-refractivity contribution in [2.45, 2.75) is 13.8 Å². The maximum Gasteiger partial charge on any atom is 0.231 e. The predicted octanol–water partition coefficient (Wildman–Crippen LogP) is 1.02. The van der Waals surface area contributed by atoms with Gasteiger partial charge in [-0.15, -0.1) is 0 Å². The molecule has 0 unspecified atom stereocenters. The molecule has 104 valence electrons. The number of carbonyl (C=O) groups excluding carboxylic acids is 2. The van der Waals surface area contributed by atoms with E-state index in [1.807, 2.05) is 13.8 Å². The molecule has 0 aliphatic rings. The lowest BCUT2D eigenvalue weighted by Gasteiger charge is -2.21. The molecule has 0 bridgehead atoms. The first-order valence-corrected chi connectivity index (χ1v) is 6.21. The Labute approximate surface area is 113 Å². The molecule has 0 fully saturated rings. The van der Waals surface area contributed by atoms with Crippen molar-refractivity contribution >= 4 is 11.7 Å². The Kier molecular flexibility index (Phi) is 5.51. The van der Waals surface area contributed by atoms with Crippen LogP contribution >= 0.6 is 0 Å². The van der Waals surface area contributed by atoms with Gasteiger partial charge in [0, 0.05) is 12.1 Å². The maximum atomic E-state index is 12.1. The lowest BCUT2D eigenvalue weighted by Crippen LogP contribution is -2.39. The van der Waals surface area contributed by atoms with Crippen LogP contribution in [-0.2, 0) is 4.79 Å². The molecule has 5 heteroatoms. The quantitative estimate of drug-likeness (QED) is 0.720. The van der Waals surface area contributed by atoms with Gasteiger partial charge in [-0.05, 0) is 30.2 Å². The molecule has 0 saturated heterocycles. The van der Waals surface area contributed by atoms with Crippen LogP contribution < -0.4 is 5.73 Å². The summed E-state index contributed by atoms with van der Waals surface area (Å²) >= 11 is 0. The number of benzene rings is 1. The van der Waals surface area contributed by atoms with Gasteiger partial charge in [-0.3, -0.25) is 14.5 Å². The van der Waals surface area contributed by atoms with Gasteiger partial charge in [0.05, 0.1) is 13.1 Å². The number of aromatic hydroxyl groups is 1. The van der Waals surface area contributed by atoms with Crippen molar-refractivity contribution in [2.75, 3.05) is 19.6 Å². The first kappa shape index (κ1) is 15.2. The normalized spacial score (nSPS) is 10.9. The van der Waals surface area contributed by atoms with Crippen molar-refractivity contribution in [2.24, 2.45) is 11.7 Å². The summed E-state index contributed by atoms with van der Waals surface area (Å²) < 4.78 is 0. The Morgan fingerprint density at radius 1 is 1.21 bits per heavy atom. The minimum atomic E-state index is -0.445. The smallest absolute Gasteiger partial charge is 0.231 e. The molecular weight excluding hydrogens is 244 g/mol. The number of hydrogen-bond acceptors (Lipinski definition) is 4. The molecule has 3 N–H and O–H groups in total. The van der Waals surface area contributed by atoms with E-state index in [0.29, 0.717) is 18.0 Å². The molecule has 0 aliphatic heterocycles. The Morgan fingerprint density at radius 2 is 1.79 bits per heavy atom. The van der Waals surface area contributed by atoms with Crippen molar-refractivity contribution in [3.63, 3.8) is 0 Å². The second-order valence-corrected chi connectivity index (χ2v) is 5.00. The molecule has 1 aromatic carbocycles. The average Bonchev–Trinajstić information content (AvgIpc) is 2.27. The van der Waals surface area contributed by atoms with Crippen LogP contribution in [0.1, 0.15) is 24.2 Å². The van der Waals surface area contributed by atoms with Gasteiger partial charge in [-0.1, -0.05) is 13.8 Å². The number of nitrogens with two attached hydrogens (primary N) is 1. The van der Waals surface area contributed by atoms with E-state index in [1.54, 1.807) is 17.0 Å². The summed E-state index contributed by atoms with van der Waals surface area (Å²) in [6.45, 7) is 4.87. The van der Waals surface area contributed by atoms with E-state index >= 15 is 0 Å². The largest absolute Gasteiger partial charge is 0.508 e.